The van der Waals surface area contributed by atoms with E-state index in [0.29, 0.717) is 19.4 Å². The molecule has 0 N–H and O–H groups in total. The summed E-state index contributed by atoms with van der Waals surface area (Å²) in [6.07, 6.45) is 1.28. The monoisotopic (exact) mass is 159 g/mol. The zero-order chi connectivity index (χ0) is 8.32. The molecule has 3 heteroatoms. The lowest BCUT2D eigenvalue weighted by Gasteiger charge is -2.06. The van der Waals surface area contributed by atoms with Gasteiger partial charge in [-0.1, -0.05) is 0 Å². The molecule has 0 aliphatic heterocycles. The third-order valence-electron chi connectivity index (χ3n) is 2.15. The van der Waals surface area contributed by atoms with Crippen molar-refractivity contribution in [2.75, 3.05) is 6.54 Å². The van der Waals surface area contributed by atoms with Gasteiger partial charge >= 0.3 is 0 Å². The Hall–Kier alpha value is -0.650. The second kappa shape index (κ2) is 3.17. The van der Waals surface area contributed by atoms with Gasteiger partial charge < -0.3 is 4.85 Å². The highest BCUT2D eigenvalue weighted by atomic mass is 19.3. The lowest BCUT2D eigenvalue weighted by molar-refractivity contribution is 0.00489. The molecule has 0 heterocycles. The highest BCUT2D eigenvalue weighted by molar-refractivity contribution is 4.82. The maximum atomic E-state index is 12.5. The topological polar surface area (TPSA) is 4.36 Å². The van der Waals surface area contributed by atoms with Gasteiger partial charge in [0.2, 0.25) is 12.5 Å². The Labute approximate surface area is 65.2 Å². The van der Waals surface area contributed by atoms with E-state index in [9.17, 15) is 8.78 Å². The number of nitrogens with zero attached hydrogens (tertiary/aromatic N) is 1. The van der Waals surface area contributed by atoms with Gasteiger partial charge in [-0.05, 0) is 12.3 Å². The Kier molecular flexibility index (Phi) is 2.43. The number of alkyl halides is 2. The van der Waals surface area contributed by atoms with Crippen molar-refractivity contribution < 1.29 is 8.78 Å². The predicted octanol–water partition coefficient (Wildman–Crippen LogP) is 2.73. The van der Waals surface area contributed by atoms with E-state index in [1.54, 1.807) is 0 Å². The maximum Gasteiger partial charge on any atom is 0.248 e. The van der Waals surface area contributed by atoms with Gasteiger partial charge in [-0.2, -0.15) is 0 Å². The van der Waals surface area contributed by atoms with Crippen LogP contribution in [0.2, 0.25) is 0 Å². The summed E-state index contributed by atoms with van der Waals surface area (Å²) in [6.45, 7) is 6.91. The van der Waals surface area contributed by atoms with Crippen LogP contribution in [-0.4, -0.2) is 12.5 Å². The first-order valence-electron chi connectivity index (χ1n) is 3.85. The molecule has 0 amide bonds. The molecule has 1 rings (SSSR count). The van der Waals surface area contributed by atoms with Crippen molar-refractivity contribution in [1.29, 1.82) is 0 Å². The zero-order valence-electron chi connectivity index (χ0n) is 6.32. The molecule has 1 aliphatic carbocycles. The van der Waals surface area contributed by atoms with Crippen LogP contribution in [0, 0.1) is 12.5 Å². The van der Waals surface area contributed by atoms with E-state index < -0.39 is 5.92 Å². The van der Waals surface area contributed by atoms with Gasteiger partial charge in [0.1, 0.15) is 0 Å². The molecular formula is C8H11F2N. The second-order valence-corrected chi connectivity index (χ2v) is 3.14. The van der Waals surface area contributed by atoms with Crippen LogP contribution in [0.5, 0.6) is 0 Å². The Morgan fingerprint density at radius 3 is 2.73 bits per heavy atom. The predicted molar refractivity (Wildman–Crippen MR) is 38.4 cm³/mol. The summed E-state index contributed by atoms with van der Waals surface area (Å²) in [7, 11) is 0. The van der Waals surface area contributed by atoms with Crippen LogP contribution in [0.1, 0.15) is 25.7 Å². The summed E-state index contributed by atoms with van der Waals surface area (Å²) < 4.78 is 25.1. The zero-order valence-corrected chi connectivity index (χ0v) is 6.32. The summed E-state index contributed by atoms with van der Waals surface area (Å²) in [5.41, 5.74) is 0. The Balaban J connectivity index is 2.26. The fourth-order valence-corrected chi connectivity index (χ4v) is 1.54. The first-order valence-corrected chi connectivity index (χ1v) is 3.85. The molecule has 1 unspecified atom stereocenters. The normalized spacial score (nSPS) is 28.3. The lowest BCUT2D eigenvalue weighted by atomic mass is 10.0. The molecule has 1 nitrogen and oxygen atoms in total. The second-order valence-electron chi connectivity index (χ2n) is 3.14. The van der Waals surface area contributed by atoms with Crippen LogP contribution in [0.3, 0.4) is 0 Å². The molecule has 0 radical (unpaired) electrons. The summed E-state index contributed by atoms with van der Waals surface area (Å²) >= 11 is 0. The quantitative estimate of drug-likeness (QED) is 0.545. The molecular weight excluding hydrogens is 148 g/mol. The molecule has 1 aliphatic rings. The number of rotatable bonds is 2. The standard InChI is InChI=1S/C8H11F2N/c1-11-5-3-7-2-4-8(9,10)6-7/h7H,2-6H2. The smallest absolute Gasteiger partial charge is 0.248 e. The van der Waals surface area contributed by atoms with Gasteiger partial charge in [0, 0.05) is 19.3 Å². The van der Waals surface area contributed by atoms with Crippen molar-refractivity contribution in [3.05, 3.63) is 11.4 Å². The summed E-state index contributed by atoms with van der Waals surface area (Å²) in [4.78, 5) is 3.15. The first kappa shape index (κ1) is 8.45. The van der Waals surface area contributed by atoms with Crippen molar-refractivity contribution in [2.24, 2.45) is 5.92 Å². The molecule has 1 atom stereocenters. The maximum absolute atomic E-state index is 12.5. The number of hydrogen-bond acceptors (Lipinski definition) is 0. The fraction of sp³-hybridized carbons (Fsp3) is 0.875. The van der Waals surface area contributed by atoms with E-state index >= 15 is 0 Å². The van der Waals surface area contributed by atoms with Crippen molar-refractivity contribution in [3.63, 3.8) is 0 Å². The molecule has 1 fully saturated rings. The average molecular weight is 159 g/mol. The van der Waals surface area contributed by atoms with Gasteiger partial charge in [-0.25, -0.2) is 15.4 Å². The van der Waals surface area contributed by atoms with Crippen LogP contribution in [-0.2, 0) is 0 Å². The van der Waals surface area contributed by atoms with Crippen molar-refractivity contribution in [3.8, 4) is 0 Å². The van der Waals surface area contributed by atoms with E-state index in [1.165, 1.54) is 0 Å². The first-order chi connectivity index (χ1) is 5.14. The van der Waals surface area contributed by atoms with Gasteiger partial charge in [-0.3, -0.25) is 0 Å². The molecule has 0 saturated heterocycles. The molecule has 0 bridgehead atoms. The third kappa shape index (κ3) is 2.45. The van der Waals surface area contributed by atoms with E-state index in [0.717, 1.165) is 0 Å². The van der Waals surface area contributed by atoms with E-state index in [1.807, 2.05) is 0 Å². The number of hydrogen-bond donors (Lipinski definition) is 0. The minimum Gasteiger partial charge on any atom is -0.317 e. The molecule has 0 aromatic carbocycles. The van der Waals surface area contributed by atoms with Crippen LogP contribution in [0.4, 0.5) is 8.78 Å². The highest BCUT2D eigenvalue weighted by Gasteiger charge is 2.39. The van der Waals surface area contributed by atoms with Crippen LogP contribution in [0.15, 0.2) is 0 Å². The van der Waals surface area contributed by atoms with E-state index in [4.69, 9.17) is 6.57 Å². The highest BCUT2D eigenvalue weighted by Crippen LogP contribution is 2.40. The lowest BCUT2D eigenvalue weighted by Crippen LogP contribution is -2.09. The Bertz CT molecular complexity index is 171. The summed E-state index contributed by atoms with van der Waals surface area (Å²) in [5.74, 6) is -2.34. The molecule has 11 heavy (non-hydrogen) atoms. The average Bonchev–Trinajstić information content (AvgIpc) is 2.26. The number of halogens is 2. The van der Waals surface area contributed by atoms with Gasteiger partial charge in [-0.15, -0.1) is 0 Å². The van der Waals surface area contributed by atoms with Crippen LogP contribution >= 0.6 is 0 Å². The molecule has 1 saturated carbocycles. The van der Waals surface area contributed by atoms with Crippen molar-refractivity contribution in [1.82, 2.24) is 0 Å². The van der Waals surface area contributed by atoms with Gasteiger partial charge in [0.05, 0.1) is 0 Å². The van der Waals surface area contributed by atoms with E-state index in [-0.39, 0.29) is 18.8 Å². The van der Waals surface area contributed by atoms with Crippen LogP contribution < -0.4 is 0 Å². The molecule has 0 aromatic heterocycles. The summed E-state index contributed by atoms with van der Waals surface area (Å²) in [6, 6.07) is 0. The molecule has 0 spiro atoms. The van der Waals surface area contributed by atoms with Crippen molar-refractivity contribution in [2.45, 2.75) is 31.6 Å². The van der Waals surface area contributed by atoms with Crippen LogP contribution in [0.25, 0.3) is 4.85 Å². The molecule has 0 aromatic rings. The largest absolute Gasteiger partial charge is 0.317 e. The minimum absolute atomic E-state index is 0.00250. The van der Waals surface area contributed by atoms with Gasteiger partial charge in [0.15, 0.2) is 0 Å². The fourth-order valence-electron chi connectivity index (χ4n) is 1.54. The summed E-state index contributed by atoms with van der Waals surface area (Å²) in [5, 5.41) is 0. The third-order valence-corrected chi connectivity index (χ3v) is 2.15. The molecule has 62 valence electrons. The van der Waals surface area contributed by atoms with Gasteiger partial charge in [0.25, 0.3) is 0 Å². The SMILES string of the molecule is [C-]#[N+]CCC1CCC(F)(F)C1. The van der Waals surface area contributed by atoms with Crippen molar-refractivity contribution >= 4 is 0 Å². The van der Waals surface area contributed by atoms with E-state index in [2.05, 4.69) is 4.85 Å². The minimum atomic E-state index is -2.44. The Morgan fingerprint density at radius 2 is 2.27 bits per heavy atom. The Morgan fingerprint density at radius 1 is 1.55 bits per heavy atom.